The van der Waals surface area contributed by atoms with E-state index in [0.29, 0.717) is 6.10 Å². The number of carbonyl (C=O) groups is 1. The van der Waals surface area contributed by atoms with Crippen LogP contribution in [0.2, 0.25) is 0 Å². The van der Waals surface area contributed by atoms with E-state index in [1.54, 1.807) is 11.3 Å². The third kappa shape index (κ3) is 3.45. The van der Waals surface area contributed by atoms with Crippen LogP contribution in [0.1, 0.15) is 42.3 Å². The predicted molar refractivity (Wildman–Crippen MR) is 120 cm³/mol. The molecule has 1 saturated heterocycles. The molecule has 2 heterocycles. The smallest absolute Gasteiger partial charge is 0.261 e. The van der Waals surface area contributed by atoms with Crippen molar-refractivity contribution in [1.82, 2.24) is 5.32 Å². The summed E-state index contributed by atoms with van der Waals surface area (Å²) in [4.78, 5) is 16.4. The maximum atomic E-state index is 13.2. The van der Waals surface area contributed by atoms with Gasteiger partial charge in [0, 0.05) is 36.7 Å². The molecular weight excluding hydrogens is 396 g/mol. The number of carbonyl (C=O) groups excluding carboxylic acids is 1. The number of hydrogen-bond acceptors (Lipinski definition) is 5. The number of anilines is 1. The Hall–Kier alpha value is -1.89. The second kappa shape index (κ2) is 8.33. The summed E-state index contributed by atoms with van der Waals surface area (Å²) < 4.78 is 11.5. The number of thiophene rings is 1. The Morgan fingerprint density at radius 1 is 1.27 bits per heavy atom. The second-order valence-electron chi connectivity index (χ2n) is 8.59. The Labute approximate surface area is 182 Å². The molecule has 30 heavy (non-hydrogen) atoms. The second-order valence-corrected chi connectivity index (χ2v) is 9.62. The van der Waals surface area contributed by atoms with E-state index >= 15 is 0 Å². The Kier molecular flexibility index (Phi) is 5.56. The molecule has 0 bridgehead atoms. The van der Waals surface area contributed by atoms with Gasteiger partial charge < -0.3 is 19.7 Å². The predicted octanol–water partition coefficient (Wildman–Crippen LogP) is 4.33. The van der Waals surface area contributed by atoms with Gasteiger partial charge in [-0.1, -0.05) is 36.8 Å². The molecular formula is C24H30N2O3S. The Balaban J connectivity index is 1.38. The van der Waals surface area contributed by atoms with Crippen molar-refractivity contribution >= 4 is 22.2 Å². The van der Waals surface area contributed by atoms with Crippen LogP contribution in [0.5, 0.6) is 0 Å². The first-order valence-electron chi connectivity index (χ1n) is 11.2. The van der Waals surface area contributed by atoms with Crippen molar-refractivity contribution in [2.45, 2.75) is 44.8 Å². The Morgan fingerprint density at radius 2 is 2.03 bits per heavy atom. The molecule has 5 rings (SSSR count). The zero-order chi connectivity index (χ0) is 20.6. The highest BCUT2D eigenvalue weighted by Gasteiger charge is 2.59. The summed E-state index contributed by atoms with van der Waals surface area (Å²) in [6.45, 7) is 6.00. The fraction of sp³-hybridized carbons (Fsp3) is 0.542. The molecule has 0 unspecified atom stereocenters. The number of ether oxygens (including phenoxy) is 2. The third-order valence-corrected chi connectivity index (χ3v) is 8.26. The summed E-state index contributed by atoms with van der Waals surface area (Å²) in [7, 11) is 0. The molecule has 0 radical (unpaired) electrons. The normalized spacial score (nSPS) is 24.9. The fourth-order valence-electron chi connectivity index (χ4n) is 5.19. The average molecular weight is 427 g/mol. The standard InChI is InChI=1S/C24H30N2O3S/c1-2-29-21-16-20(24(21)9-6-10-24)25-22(27)19-15-18(17-7-4-3-5-8-17)23(30-19)26-11-13-28-14-12-26/h3-5,7-8,15,20-21H,2,6,9-14,16H2,1H3,(H,25,27)/t20-,21-/m0/s1. The molecule has 1 aromatic heterocycles. The molecule has 2 aliphatic carbocycles. The van der Waals surface area contributed by atoms with E-state index < -0.39 is 0 Å². The zero-order valence-corrected chi connectivity index (χ0v) is 18.4. The lowest BCUT2D eigenvalue weighted by Crippen LogP contribution is -2.67. The van der Waals surface area contributed by atoms with Crippen molar-refractivity contribution in [3.05, 3.63) is 41.3 Å². The van der Waals surface area contributed by atoms with Crippen LogP contribution < -0.4 is 10.2 Å². The molecule has 2 aromatic rings. The SMILES string of the molecule is CCO[C@H]1C[C@H](NC(=O)c2cc(-c3ccccc3)c(N3CCOCC3)s2)C12CCC2. The van der Waals surface area contributed by atoms with Gasteiger partial charge in [-0.05, 0) is 37.8 Å². The summed E-state index contributed by atoms with van der Waals surface area (Å²) >= 11 is 1.61. The lowest BCUT2D eigenvalue weighted by Gasteiger charge is -2.60. The molecule has 3 aliphatic rings. The minimum absolute atomic E-state index is 0.0583. The number of amides is 1. The van der Waals surface area contributed by atoms with Crippen LogP contribution in [0.15, 0.2) is 36.4 Å². The van der Waals surface area contributed by atoms with Crippen LogP contribution >= 0.6 is 11.3 Å². The van der Waals surface area contributed by atoms with Gasteiger partial charge in [0.2, 0.25) is 0 Å². The van der Waals surface area contributed by atoms with Gasteiger partial charge in [0.05, 0.1) is 29.2 Å². The van der Waals surface area contributed by atoms with Gasteiger partial charge in [0.25, 0.3) is 5.91 Å². The first-order chi connectivity index (χ1) is 14.7. The highest BCUT2D eigenvalue weighted by atomic mass is 32.1. The lowest BCUT2D eigenvalue weighted by molar-refractivity contribution is -0.169. The van der Waals surface area contributed by atoms with Crippen molar-refractivity contribution in [2.75, 3.05) is 37.8 Å². The summed E-state index contributed by atoms with van der Waals surface area (Å²) in [5, 5.41) is 4.53. The van der Waals surface area contributed by atoms with Crippen LogP contribution in [0, 0.1) is 5.41 Å². The maximum absolute atomic E-state index is 13.2. The number of morpholine rings is 1. The number of benzene rings is 1. The molecule has 5 nitrogen and oxygen atoms in total. The minimum Gasteiger partial charge on any atom is -0.378 e. The van der Waals surface area contributed by atoms with Crippen LogP contribution in [0.25, 0.3) is 11.1 Å². The highest BCUT2D eigenvalue weighted by Crippen LogP contribution is 2.57. The molecule has 6 heteroatoms. The zero-order valence-electron chi connectivity index (χ0n) is 17.6. The van der Waals surface area contributed by atoms with Gasteiger partial charge >= 0.3 is 0 Å². The molecule has 2 atom stereocenters. The molecule has 3 fully saturated rings. The van der Waals surface area contributed by atoms with Crippen LogP contribution in [-0.4, -0.2) is 51.0 Å². The van der Waals surface area contributed by atoms with E-state index in [1.165, 1.54) is 24.3 Å². The van der Waals surface area contributed by atoms with Crippen molar-refractivity contribution in [1.29, 1.82) is 0 Å². The van der Waals surface area contributed by atoms with Crippen molar-refractivity contribution in [3.63, 3.8) is 0 Å². The van der Waals surface area contributed by atoms with E-state index in [9.17, 15) is 4.79 Å². The first kappa shape index (κ1) is 20.0. The van der Waals surface area contributed by atoms with Gasteiger partial charge in [-0.25, -0.2) is 0 Å². The summed E-state index contributed by atoms with van der Waals surface area (Å²) in [6.07, 6.45) is 4.83. The average Bonchev–Trinajstić information content (AvgIpc) is 3.18. The number of rotatable bonds is 6. The monoisotopic (exact) mass is 426 g/mol. The minimum atomic E-state index is 0.0583. The van der Waals surface area contributed by atoms with Gasteiger partial charge in [0.1, 0.15) is 0 Å². The molecule has 1 spiro atoms. The fourth-order valence-corrected chi connectivity index (χ4v) is 6.32. The molecule has 1 N–H and O–H groups in total. The summed E-state index contributed by atoms with van der Waals surface area (Å²) in [5.41, 5.74) is 2.48. The molecule has 1 aliphatic heterocycles. The van der Waals surface area contributed by atoms with Crippen LogP contribution in [-0.2, 0) is 9.47 Å². The van der Waals surface area contributed by atoms with Gasteiger partial charge in [-0.2, -0.15) is 0 Å². The maximum Gasteiger partial charge on any atom is 0.261 e. The largest absolute Gasteiger partial charge is 0.378 e. The van der Waals surface area contributed by atoms with E-state index in [-0.39, 0.29) is 17.4 Å². The van der Waals surface area contributed by atoms with E-state index in [4.69, 9.17) is 9.47 Å². The lowest BCUT2D eigenvalue weighted by atomic mass is 9.51. The molecule has 1 aromatic carbocycles. The Bertz CT molecular complexity index is 887. The third-order valence-electron chi connectivity index (χ3n) is 7.06. The van der Waals surface area contributed by atoms with E-state index in [0.717, 1.165) is 55.3 Å². The van der Waals surface area contributed by atoms with Crippen LogP contribution in [0.3, 0.4) is 0 Å². The van der Waals surface area contributed by atoms with Gasteiger partial charge in [-0.3, -0.25) is 4.79 Å². The number of nitrogens with one attached hydrogen (secondary N) is 1. The quantitative estimate of drug-likeness (QED) is 0.747. The highest BCUT2D eigenvalue weighted by molar-refractivity contribution is 7.18. The molecule has 160 valence electrons. The van der Waals surface area contributed by atoms with E-state index in [2.05, 4.69) is 47.5 Å². The Morgan fingerprint density at radius 3 is 2.70 bits per heavy atom. The topological polar surface area (TPSA) is 50.8 Å². The number of hydrogen-bond donors (Lipinski definition) is 1. The van der Waals surface area contributed by atoms with Gasteiger partial charge in [-0.15, -0.1) is 11.3 Å². The number of nitrogens with zero attached hydrogens (tertiary/aromatic N) is 1. The molecule has 1 amide bonds. The van der Waals surface area contributed by atoms with Crippen LogP contribution in [0.4, 0.5) is 5.00 Å². The summed E-state index contributed by atoms with van der Waals surface area (Å²) in [5.74, 6) is 0.0583. The summed E-state index contributed by atoms with van der Waals surface area (Å²) in [6, 6.07) is 12.7. The van der Waals surface area contributed by atoms with Crippen molar-refractivity contribution in [2.24, 2.45) is 5.41 Å². The van der Waals surface area contributed by atoms with E-state index in [1.807, 2.05) is 6.07 Å². The molecule has 2 saturated carbocycles. The first-order valence-corrected chi connectivity index (χ1v) is 12.0. The van der Waals surface area contributed by atoms with Crippen molar-refractivity contribution in [3.8, 4) is 11.1 Å². The van der Waals surface area contributed by atoms with Gasteiger partial charge in [0.15, 0.2) is 0 Å². The van der Waals surface area contributed by atoms with Crippen molar-refractivity contribution < 1.29 is 14.3 Å².